The van der Waals surface area contributed by atoms with Crippen LogP contribution in [0.2, 0.25) is 0 Å². The molecule has 6 fully saturated rings. The van der Waals surface area contributed by atoms with Crippen LogP contribution in [0.25, 0.3) is 0 Å². The molecule has 0 aromatic rings. The predicted molar refractivity (Wildman–Crippen MR) is 82.2 cm³/mol. The number of rotatable bonds is 4. The average Bonchev–Trinajstić information content (AvgIpc) is 2.04. The summed E-state index contributed by atoms with van der Waals surface area (Å²) >= 11 is 0. The molecule has 0 aliphatic heterocycles. The minimum atomic E-state index is -0.219. The first-order chi connectivity index (χ1) is 10.0. The van der Waals surface area contributed by atoms with Crippen LogP contribution in [-0.2, 0) is 9.59 Å². The molecular formula is C18H28O4. The molecule has 0 amide bonds. The Morgan fingerprint density at radius 1 is 0.727 bits per heavy atom. The molecule has 0 radical (unpaired) electrons. The average molecular weight is 308 g/mol. The van der Waals surface area contributed by atoms with E-state index >= 15 is 0 Å². The second-order valence-corrected chi connectivity index (χ2v) is 8.81. The van der Waals surface area contributed by atoms with Gasteiger partial charge in [-0.3, -0.25) is 9.59 Å². The lowest BCUT2D eigenvalue weighted by Crippen LogP contribution is -2.68. The van der Waals surface area contributed by atoms with Crippen LogP contribution >= 0.6 is 0 Å². The van der Waals surface area contributed by atoms with Crippen LogP contribution in [0.15, 0.2) is 0 Å². The van der Waals surface area contributed by atoms with Crippen molar-refractivity contribution in [2.45, 2.75) is 78.4 Å². The van der Waals surface area contributed by atoms with E-state index in [2.05, 4.69) is 0 Å². The van der Waals surface area contributed by atoms with E-state index < -0.39 is 0 Å². The number of hydrogen-bond acceptors (Lipinski definition) is 4. The van der Waals surface area contributed by atoms with Gasteiger partial charge in [0.15, 0.2) is 0 Å². The lowest BCUT2D eigenvalue weighted by Gasteiger charge is -2.70. The number of aliphatic hydroxyl groups is 2. The van der Waals surface area contributed by atoms with E-state index in [0.29, 0.717) is 11.6 Å². The summed E-state index contributed by atoms with van der Waals surface area (Å²) in [5.41, 5.74) is 0.311. The Kier molecular flexibility index (Phi) is 3.24. The summed E-state index contributed by atoms with van der Waals surface area (Å²) in [4.78, 5) is 22.1. The van der Waals surface area contributed by atoms with Crippen molar-refractivity contribution in [3.05, 3.63) is 0 Å². The maximum Gasteiger partial charge on any atom is 0.136 e. The Bertz CT molecular complexity index is 444. The van der Waals surface area contributed by atoms with Gasteiger partial charge in [0.05, 0.1) is 12.2 Å². The normalized spacial score (nSPS) is 49.0. The molecule has 0 aromatic carbocycles. The molecule has 6 aliphatic carbocycles. The largest absolute Gasteiger partial charge is 0.393 e. The Hall–Kier alpha value is -0.740. The molecular weight excluding hydrogens is 280 g/mol. The Morgan fingerprint density at radius 2 is 0.955 bits per heavy atom. The number of aliphatic hydroxyl groups excluding tert-OH is 2. The van der Waals surface area contributed by atoms with Crippen LogP contribution in [0.1, 0.15) is 66.2 Å². The van der Waals surface area contributed by atoms with Crippen molar-refractivity contribution in [3.8, 4) is 0 Å². The Balaban J connectivity index is 0.000000131. The second-order valence-electron chi connectivity index (χ2n) is 8.81. The molecule has 22 heavy (non-hydrogen) atoms. The molecule has 4 nitrogen and oxygen atoms in total. The van der Waals surface area contributed by atoms with E-state index in [0.717, 1.165) is 38.5 Å². The van der Waals surface area contributed by atoms with Crippen LogP contribution in [-0.4, -0.2) is 34.0 Å². The number of carbonyl (C=O) groups is 2. The van der Waals surface area contributed by atoms with Crippen LogP contribution in [0, 0.1) is 21.7 Å². The number of hydrogen-bond donors (Lipinski definition) is 2. The van der Waals surface area contributed by atoms with Crippen LogP contribution < -0.4 is 0 Å². The zero-order valence-corrected chi connectivity index (χ0v) is 14.1. The van der Waals surface area contributed by atoms with Gasteiger partial charge in [0, 0.05) is 10.8 Å². The highest BCUT2D eigenvalue weighted by atomic mass is 16.3. The molecule has 2 atom stereocenters. The molecule has 6 saturated carbocycles. The summed E-state index contributed by atoms with van der Waals surface area (Å²) in [6.07, 6.45) is 5.19. The van der Waals surface area contributed by atoms with E-state index in [1.165, 1.54) is 0 Å². The molecule has 6 rings (SSSR count). The molecule has 0 aromatic heterocycles. The van der Waals surface area contributed by atoms with Crippen molar-refractivity contribution in [1.82, 2.24) is 0 Å². The third kappa shape index (κ3) is 1.83. The maximum atomic E-state index is 11.1. The molecule has 124 valence electrons. The minimum Gasteiger partial charge on any atom is -0.393 e. The standard InChI is InChI=1S/2C9H14O2/c2*1-6(10)8-3-9(4-8,5-8)7(2)11/h2*6,10H,3-5H2,1-2H3. The smallest absolute Gasteiger partial charge is 0.136 e. The Labute approximate surface area is 132 Å². The van der Waals surface area contributed by atoms with Gasteiger partial charge >= 0.3 is 0 Å². The second kappa shape index (κ2) is 4.41. The van der Waals surface area contributed by atoms with E-state index in [4.69, 9.17) is 0 Å². The van der Waals surface area contributed by atoms with E-state index in [1.807, 2.05) is 13.8 Å². The third-order valence-corrected chi connectivity index (χ3v) is 7.41. The van der Waals surface area contributed by atoms with Gasteiger partial charge in [-0.1, -0.05) is 0 Å². The van der Waals surface area contributed by atoms with Gasteiger partial charge in [0.25, 0.3) is 0 Å². The predicted octanol–water partition coefficient (Wildman–Crippen LogP) is 2.25. The molecule has 2 N–H and O–H groups in total. The van der Waals surface area contributed by atoms with Crippen molar-refractivity contribution < 1.29 is 19.8 Å². The van der Waals surface area contributed by atoms with Crippen LogP contribution in [0.3, 0.4) is 0 Å². The number of Topliss-reactive ketones (excluding diaryl/α,β-unsaturated/α-hetero) is 2. The summed E-state index contributed by atoms with van der Waals surface area (Å²) in [6, 6.07) is 0. The highest BCUT2D eigenvalue weighted by Crippen LogP contribution is 2.75. The Morgan fingerprint density at radius 3 is 1.09 bits per heavy atom. The summed E-state index contributed by atoms with van der Waals surface area (Å²) in [7, 11) is 0. The highest BCUT2D eigenvalue weighted by molar-refractivity contribution is 5.86. The molecule has 2 unspecified atom stereocenters. The van der Waals surface area contributed by atoms with E-state index in [1.54, 1.807) is 13.8 Å². The summed E-state index contributed by atoms with van der Waals surface area (Å²) in [6.45, 7) is 7.02. The lowest BCUT2D eigenvalue weighted by atomic mass is 9.33. The first-order valence-corrected chi connectivity index (χ1v) is 8.40. The molecule has 6 aliphatic rings. The van der Waals surface area contributed by atoms with Gasteiger partial charge in [-0.05, 0) is 77.0 Å². The molecule has 0 spiro atoms. The molecule has 4 bridgehead atoms. The van der Waals surface area contributed by atoms with E-state index in [-0.39, 0.29) is 33.9 Å². The van der Waals surface area contributed by atoms with Crippen molar-refractivity contribution in [2.75, 3.05) is 0 Å². The fraction of sp³-hybridized carbons (Fsp3) is 0.889. The topological polar surface area (TPSA) is 74.6 Å². The van der Waals surface area contributed by atoms with Gasteiger partial charge in [-0.2, -0.15) is 0 Å². The number of carbonyl (C=O) groups excluding carboxylic acids is 2. The van der Waals surface area contributed by atoms with Gasteiger partial charge in [-0.25, -0.2) is 0 Å². The van der Waals surface area contributed by atoms with Gasteiger partial charge in [-0.15, -0.1) is 0 Å². The van der Waals surface area contributed by atoms with Gasteiger partial charge in [0.1, 0.15) is 11.6 Å². The monoisotopic (exact) mass is 308 g/mol. The van der Waals surface area contributed by atoms with Crippen molar-refractivity contribution >= 4 is 11.6 Å². The summed E-state index contributed by atoms with van der Waals surface area (Å²) < 4.78 is 0. The summed E-state index contributed by atoms with van der Waals surface area (Å²) in [5.74, 6) is 0.639. The quantitative estimate of drug-likeness (QED) is 0.835. The lowest BCUT2D eigenvalue weighted by molar-refractivity contribution is -0.239. The first kappa shape index (κ1) is 16.1. The molecule has 0 saturated heterocycles. The minimum absolute atomic E-state index is 0.0109. The maximum absolute atomic E-state index is 11.1. The van der Waals surface area contributed by atoms with Gasteiger partial charge < -0.3 is 10.2 Å². The van der Waals surface area contributed by atoms with Crippen molar-refractivity contribution in [1.29, 1.82) is 0 Å². The van der Waals surface area contributed by atoms with Crippen LogP contribution in [0.5, 0.6) is 0 Å². The first-order valence-electron chi connectivity index (χ1n) is 8.40. The fourth-order valence-corrected chi connectivity index (χ4v) is 5.37. The zero-order valence-electron chi connectivity index (χ0n) is 14.1. The van der Waals surface area contributed by atoms with Gasteiger partial charge in [0.2, 0.25) is 0 Å². The number of ketones is 2. The van der Waals surface area contributed by atoms with Crippen molar-refractivity contribution in [2.24, 2.45) is 21.7 Å². The van der Waals surface area contributed by atoms with Crippen LogP contribution in [0.4, 0.5) is 0 Å². The van der Waals surface area contributed by atoms with E-state index in [9.17, 15) is 19.8 Å². The fourth-order valence-electron chi connectivity index (χ4n) is 5.37. The highest BCUT2D eigenvalue weighted by Gasteiger charge is 2.72. The SMILES string of the molecule is CC(=O)C12CC(C(C)O)(C1)C2.CC(=O)C12CC(C(C)O)(C1)C2. The molecule has 0 heterocycles. The van der Waals surface area contributed by atoms with Crippen molar-refractivity contribution in [3.63, 3.8) is 0 Å². The summed E-state index contributed by atoms with van der Waals surface area (Å²) in [5, 5.41) is 18.7. The zero-order chi connectivity index (χ0) is 16.6. The molecule has 4 heteroatoms. The third-order valence-electron chi connectivity index (χ3n) is 7.41.